The van der Waals surface area contributed by atoms with E-state index in [0.717, 1.165) is 19.0 Å². The molecule has 1 aromatic heterocycles. The smallest absolute Gasteiger partial charge is 0.246 e. The fourth-order valence-corrected chi connectivity index (χ4v) is 4.45. The van der Waals surface area contributed by atoms with E-state index in [4.69, 9.17) is 4.74 Å². The monoisotopic (exact) mass is 485 g/mol. The second-order valence-electron chi connectivity index (χ2n) is 9.93. The van der Waals surface area contributed by atoms with Crippen LogP contribution in [0.5, 0.6) is 5.75 Å². The number of nitrogens with zero attached hydrogens (tertiary/aromatic N) is 6. The molecule has 2 aromatic rings. The number of carbonyl (C=O) groups excluding carboxylic acids is 2. The number of fused-ring (bicyclic) bond motifs is 1. The van der Waals surface area contributed by atoms with E-state index in [1.165, 1.54) is 23.9 Å². The molecule has 1 aliphatic carbocycles. The highest BCUT2D eigenvalue weighted by molar-refractivity contribution is 5.91. The molecular weight excluding hydrogens is 450 g/mol. The van der Waals surface area contributed by atoms with Crippen molar-refractivity contribution in [2.24, 2.45) is 11.8 Å². The van der Waals surface area contributed by atoms with Crippen molar-refractivity contribution in [2.45, 2.75) is 51.8 Å². The van der Waals surface area contributed by atoms with Gasteiger partial charge >= 0.3 is 0 Å². The van der Waals surface area contributed by atoms with E-state index in [1.54, 1.807) is 17.0 Å². The molecule has 1 aliphatic heterocycles. The molecule has 11 heteroatoms. The van der Waals surface area contributed by atoms with Crippen molar-refractivity contribution >= 4 is 17.5 Å². The van der Waals surface area contributed by atoms with Gasteiger partial charge in [-0.15, -0.1) is 5.10 Å². The van der Waals surface area contributed by atoms with Crippen LogP contribution in [0.2, 0.25) is 0 Å². The number of aromatic nitrogens is 4. The van der Waals surface area contributed by atoms with E-state index in [-0.39, 0.29) is 49.5 Å². The van der Waals surface area contributed by atoms with Gasteiger partial charge in [-0.3, -0.25) is 9.59 Å². The van der Waals surface area contributed by atoms with E-state index in [0.29, 0.717) is 23.5 Å². The number of tetrazole rings is 1. The molecule has 2 heterocycles. The number of hydrogen-bond donors (Lipinski definition) is 2. The van der Waals surface area contributed by atoms with Crippen molar-refractivity contribution in [3.05, 3.63) is 30.1 Å². The van der Waals surface area contributed by atoms with E-state index in [9.17, 15) is 14.7 Å². The van der Waals surface area contributed by atoms with E-state index < -0.39 is 0 Å². The number of rotatable bonds is 9. The third kappa shape index (κ3) is 6.76. The molecule has 190 valence electrons. The van der Waals surface area contributed by atoms with Crippen LogP contribution in [0.15, 0.2) is 24.5 Å². The van der Waals surface area contributed by atoms with Gasteiger partial charge in [0.05, 0.1) is 19.1 Å². The van der Waals surface area contributed by atoms with E-state index in [2.05, 4.69) is 39.7 Å². The maximum Gasteiger partial charge on any atom is 0.246 e. The molecule has 0 radical (unpaired) electrons. The Morgan fingerprint density at radius 3 is 2.83 bits per heavy atom. The van der Waals surface area contributed by atoms with Crippen LogP contribution >= 0.6 is 0 Å². The summed E-state index contributed by atoms with van der Waals surface area (Å²) in [6, 6.07) is 5.09. The molecule has 2 N–H and O–H groups in total. The summed E-state index contributed by atoms with van der Waals surface area (Å²) < 4.78 is 7.86. The molecule has 2 amide bonds. The molecule has 0 bridgehead atoms. The first-order chi connectivity index (χ1) is 16.8. The molecule has 1 aromatic carbocycles. The van der Waals surface area contributed by atoms with Gasteiger partial charge in [0.2, 0.25) is 11.8 Å². The van der Waals surface area contributed by atoms with Crippen molar-refractivity contribution in [3.63, 3.8) is 0 Å². The summed E-state index contributed by atoms with van der Waals surface area (Å²) in [6.07, 6.45) is 3.93. The highest BCUT2D eigenvalue weighted by Crippen LogP contribution is 2.31. The molecule has 11 nitrogen and oxygen atoms in total. The first-order valence-corrected chi connectivity index (χ1v) is 12.2. The predicted octanol–water partition coefficient (Wildman–Crippen LogP) is 0.803. The lowest BCUT2D eigenvalue weighted by Gasteiger charge is -2.34. The van der Waals surface area contributed by atoms with Gasteiger partial charge in [0.25, 0.3) is 0 Å². The van der Waals surface area contributed by atoms with Crippen LogP contribution < -0.4 is 10.1 Å². The van der Waals surface area contributed by atoms with Gasteiger partial charge in [0.1, 0.15) is 24.7 Å². The lowest BCUT2D eigenvalue weighted by Crippen LogP contribution is -2.47. The van der Waals surface area contributed by atoms with Gasteiger partial charge in [-0.1, -0.05) is 6.92 Å². The number of hydrogen-bond acceptors (Lipinski definition) is 8. The van der Waals surface area contributed by atoms with Crippen LogP contribution in [0.4, 0.5) is 5.69 Å². The number of ether oxygens (including phenoxy) is 1. The molecule has 1 saturated carbocycles. The first kappa shape index (κ1) is 25.1. The van der Waals surface area contributed by atoms with Gasteiger partial charge in [-0.05, 0) is 61.4 Å². The fourth-order valence-electron chi connectivity index (χ4n) is 4.45. The zero-order valence-electron chi connectivity index (χ0n) is 20.6. The van der Waals surface area contributed by atoms with Crippen molar-refractivity contribution in [1.82, 2.24) is 30.0 Å². The number of benzene rings is 1. The molecule has 2 aliphatic rings. The minimum atomic E-state index is -0.296. The lowest BCUT2D eigenvalue weighted by molar-refractivity contribution is -0.134. The molecule has 0 spiro atoms. The van der Waals surface area contributed by atoms with Crippen LogP contribution in [0, 0.1) is 11.8 Å². The quantitative estimate of drug-likeness (QED) is 0.534. The number of aliphatic hydroxyl groups excluding tert-OH is 1. The average Bonchev–Trinajstić information content (AvgIpc) is 3.47. The van der Waals surface area contributed by atoms with Gasteiger partial charge in [-0.2, -0.15) is 0 Å². The standard InChI is InChI=1S/C24H35N7O4/c1-16-10-31(17(2)14-32)24(34)9-19-8-20(26-23(33)13-30-15-25-27-28-30)6-7-21(19)35-22(16)12-29(3)11-18-4-5-18/h6-8,15-18,22,32H,4-5,9-14H2,1-3H3,(H,26,33)/t16-,17-,22-/m1/s1. The second kappa shape index (κ2) is 11.1. The first-order valence-electron chi connectivity index (χ1n) is 12.2. The average molecular weight is 486 g/mol. The Labute approximate surface area is 205 Å². The molecule has 35 heavy (non-hydrogen) atoms. The van der Waals surface area contributed by atoms with Crippen LogP contribution in [0.3, 0.4) is 0 Å². The van der Waals surface area contributed by atoms with Gasteiger partial charge in [0, 0.05) is 36.8 Å². The Morgan fingerprint density at radius 1 is 1.34 bits per heavy atom. The fraction of sp³-hybridized carbons (Fsp3) is 0.625. The Bertz CT molecular complexity index is 1010. The number of anilines is 1. The zero-order valence-corrected chi connectivity index (χ0v) is 20.6. The summed E-state index contributed by atoms with van der Waals surface area (Å²) in [7, 11) is 2.12. The van der Waals surface area contributed by atoms with Crippen LogP contribution in [-0.2, 0) is 22.6 Å². The number of carbonyl (C=O) groups is 2. The third-order valence-corrected chi connectivity index (χ3v) is 6.66. The highest BCUT2D eigenvalue weighted by Gasteiger charge is 2.32. The summed E-state index contributed by atoms with van der Waals surface area (Å²) in [4.78, 5) is 29.8. The lowest BCUT2D eigenvalue weighted by atomic mass is 10.0. The Kier molecular flexibility index (Phi) is 7.97. The van der Waals surface area contributed by atoms with Gasteiger partial charge in [-0.25, -0.2) is 4.68 Å². The number of amides is 2. The minimum absolute atomic E-state index is 0.0196. The number of nitrogens with one attached hydrogen (secondary N) is 1. The number of likely N-dealkylation sites (N-methyl/N-ethyl adjacent to an activating group) is 1. The number of aliphatic hydroxyl groups is 1. The summed E-state index contributed by atoms with van der Waals surface area (Å²) in [5, 5.41) is 23.4. The summed E-state index contributed by atoms with van der Waals surface area (Å²) in [5.41, 5.74) is 1.27. The Morgan fingerprint density at radius 2 is 2.14 bits per heavy atom. The highest BCUT2D eigenvalue weighted by atomic mass is 16.5. The van der Waals surface area contributed by atoms with Crippen molar-refractivity contribution in [2.75, 3.05) is 38.6 Å². The molecule has 0 unspecified atom stereocenters. The van der Waals surface area contributed by atoms with Crippen molar-refractivity contribution < 1.29 is 19.4 Å². The normalized spacial score (nSPS) is 21.5. The molecule has 3 atom stereocenters. The second-order valence-corrected chi connectivity index (χ2v) is 9.93. The SMILES string of the molecule is C[C@@H]1CN([C@H](C)CO)C(=O)Cc2cc(NC(=O)Cn3cnnn3)ccc2O[C@@H]1CN(C)CC1CC1. The third-order valence-electron chi connectivity index (χ3n) is 6.66. The summed E-state index contributed by atoms with van der Waals surface area (Å²) in [5.74, 6) is 1.12. The van der Waals surface area contributed by atoms with Crippen LogP contribution in [0.25, 0.3) is 0 Å². The van der Waals surface area contributed by atoms with E-state index >= 15 is 0 Å². The molecule has 4 rings (SSSR count). The Hall–Kier alpha value is -3.05. The van der Waals surface area contributed by atoms with Crippen molar-refractivity contribution in [1.29, 1.82) is 0 Å². The largest absolute Gasteiger partial charge is 0.488 e. The Balaban J connectivity index is 1.56. The predicted molar refractivity (Wildman–Crippen MR) is 129 cm³/mol. The summed E-state index contributed by atoms with van der Waals surface area (Å²) in [6.45, 7) is 6.12. The van der Waals surface area contributed by atoms with Crippen molar-refractivity contribution in [3.8, 4) is 5.75 Å². The van der Waals surface area contributed by atoms with Gasteiger partial charge in [0.15, 0.2) is 0 Å². The maximum absolute atomic E-state index is 13.3. The maximum atomic E-state index is 13.3. The minimum Gasteiger partial charge on any atom is -0.488 e. The molecule has 1 fully saturated rings. The van der Waals surface area contributed by atoms with Crippen LogP contribution in [-0.4, -0.2) is 92.4 Å². The summed E-state index contributed by atoms with van der Waals surface area (Å²) >= 11 is 0. The van der Waals surface area contributed by atoms with Crippen LogP contribution in [0.1, 0.15) is 32.3 Å². The zero-order chi connectivity index (χ0) is 24.9. The topological polar surface area (TPSA) is 126 Å². The molecule has 0 saturated heterocycles. The molecular formula is C24H35N7O4. The van der Waals surface area contributed by atoms with E-state index in [1.807, 2.05) is 13.0 Å². The van der Waals surface area contributed by atoms with Gasteiger partial charge < -0.3 is 25.0 Å².